The number of carbonyl (C=O) groups excluding carboxylic acids is 2. The summed E-state index contributed by atoms with van der Waals surface area (Å²) in [5.41, 5.74) is 0.269. The molecule has 1 aliphatic carbocycles. The second-order valence-electron chi connectivity index (χ2n) is 6.01. The standard InChI is InChI=1S/C18H23NO3/c1-13(14-9-5-4-6-10-14)19-17(21)18(2)12-8-7-11-15(18)16(20)22-3/h4-10,13,15H,11-12H2,1-3H3,(H,19,21)/t13-,15+,18-/m1/s1. The number of carbonyl (C=O) groups is 2. The molecule has 0 spiro atoms. The lowest BCUT2D eigenvalue weighted by atomic mass is 9.69. The summed E-state index contributed by atoms with van der Waals surface area (Å²) in [6.07, 6.45) is 4.99. The predicted octanol–water partition coefficient (Wildman–Crippen LogP) is 3.01. The highest BCUT2D eigenvalue weighted by molar-refractivity contribution is 5.89. The molecule has 1 amide bonds. The molecule has 1 aromatic rings. The largest absolute Gasteiger partial charge is 0.469 e. The van der Waals surface area contributed by atoms with E-state index in [1.807, 2.05) is 56.3 Å². The molecule has 0 heterocycles. The third-order valence-electron chi connectivity index (χ3n) is 4.50. The lowest BCUT2D eigenvalue weighted by Crippen LogP contribution is -2.48. The minimum Gasteiger partial charge on any atom is -0.469 e. The molecule has 0 radical (unpaired) electrons. The van der Waals surface area contributed by atoms with E-state index in [0.29, 0.717) is 12.8 Å². The number of hydrogen-bond acceptors (Lipinski definition) is 3. The lowest BCUT2D eigenvalue weighted by Gasteiger charge is -2.36. The van der Waals surface area contributed by atoms with Gasteiger partial charge in [0.15, 0.2) is 0 Å². The normalized spacial score (nSPS) is 25.3. The SMILES string of the molecule is COC(=O)[C@@H]1CC=CC[C@@]1(C)C(=O)N[C@H](C)c1ccccc1. The molecular weight excluding hydrogens is 278 g/mol. The topological polar surface area (TPSA) is 55.4 Å². The maximum Gasteiger partial charge on any atom is 0.310 e. The summed E-state index contributed by atoms with van der Waals surface area (Å²) in [6.45, 7) is 3.79. The summed E-state index contributed by atoms with van der Waals surface area (Å²) in [7, 11) is 1.37. The van der Waals surface area contributed by atoms with Gasteiger partial charge in [-0.05, 0) is 32.3 Å². The quantitative estimate of drug-likeness (QED) is 0.687. The van der Waals surface area contributed by atoms with Gasteiger partial charge in [0.25, 0.3) is 0 Å². The van der Waals surface area contributed by atoms with E-state index in [0.717, 1.165) is 5.56 Å². The van der Waals surface area contributed by atoms with Crippen LogP contribution in [0.3, 0.4) is 0 Å². The lowest BCUT2D eigenvalue weighted by molar-refractivity contribution is -0.155. The predicted molar refractivity (Wildman–Crippen MR) is 85.0 cm³/mol. The highest BCUT2D eigenvalue weighted by atomic mass is 16.5. The van der Waals surface area contributed by atoms with Crippen molar-refractivity contribution in [3.63, 3.8) is 0 Å². The van der Waals surface area contributed by atoms with Crippen LogP contribution in [0.15, 0.2) is 42.5 Å². The van der Waals surface area contributed by atoms with Crippen LogP contribution in [0.2, 0.25) is 0 Å². The Balaban J connectivity index is 2.15. The Morgan fingerprint density at radius 3 is 2.59 bits per heavy atom. The van der Waals surface area contributed by atoms with Gasteiger partial charge < -0.3 is 10.1 Å². The van der Waals surface area contributed by atoms with Crippen molar-refractivity contribution in [3.8, 4) is 0 Å². The fourth-order valence-corrected chi connectivity index (χ4v) is 2.90. The zero-order valence-corrected chi connectivity index (χ0v) is 13.3. The molecule has 4 heteroatoms. The molecule has 0 bridgehead atoms. The highest BCUT2D eigenvalue weighted by Crippen LogP contribution is 2.39. The average molecular weight is 301 g/mol. The first-order chi connectivity index (χ1) is 10.5. The first kappa shape index (κ1) is 16.3. The van der Waals surface area contributed by atoms with Crippen LogP contribution in [0.4, 0.5) is 0 Å². The van der Waals surface area contributed by atoms with Gasteiger partial charge in [-0.3, -0.25) is 9.59 Å². The Bertz CT molecular complexity index is 567. The first-order valence-electron chi connectivity index (χ1n) is 7.57. The maximum atomic E-state index is 12.8. The van der Waals surface area contributed by atoms with Crippen molar-refractivity contribution in [1.82, 2.24) is 5.32 Å². The molecule has 2 rings (SSSR count). The van der Waals surface area contributed by atoms with Gasteiger partial charge in [0, 0.05) is 0 Å². The third kappa shape index (κ3) is 3.21. The van der Waals surface area contributed by atoms with Crippen LogP contribution in [0.1, 0.15) is 38.3 Å². The summed E-state index contributed by atoms with van der Waals surface area (Å²) < 4.78 is 4.87. The Morgan fingerprint density at radius 1 is 1.27 bits per heavy atom. The maximum absolute atomic E-state index is 12.8. The second kappa shape index (κ2) is 6.77. The molecule has 0 saturated heterocycles. The molecular formula is C18H23NO3. The van der Waals surface area contributed by atoms with E-state index >= 15 is 0 Å². The Kier molecular flexibility index (Phi) is 5.01. The molecule has 118 valence electrons. The van der Waals surface area contributed by atoms with Crippen LogP contribution in [0.25, 0.3) is 0 Å². The van der Waals surface area contributed by atoms with Crippen LogP contribution in [-0.4, -0.2) is 19.0 Å². The number of ether oxygens (including phenoxy) is 1. The zero-order chi connectivity index (χ0) is 16.2. The number of benzene rings is 1. The fraction of sp³-hybridized carbons (Fsp3) is 0.444. The van der Waals surface area contributed by atoms with Gasteiger partial charge in [-0.2, -0.15) is 0 Å². The third-order valence-corrected chi connectivity index (χ3v) is 4.50. The first-order valence-corrected chi connectivity index (χ1v) is 7.57. The van der Waals surface area contributed by atoms with E-state index in [9.17, 15) is 9.59 Å². The molecule has 0 fully saturated rings. The number of nitrogens with one attached hydrogen (secondary N) is 1. The van der Waals surface area contributed by atoms with Crippen molar-refractivity contribution in [2.24, 2.45) is 11.3 Å². The molecule has 4 nitrogen and oxygen atoms in total. The summed E-state index contributed by atoms with van der Waals surface area (Å²) in [5, 5.41) is 3.03. The zero-order valence-electron chi connectivity index (χ0n) is 13.3. The molecule has 22 heavy (non-hydrogen) atoms. The van der Waals surface area contributed by atoms with Crippen molar-refractivity contribution in [2.45, 2.75) is 32.7 Å². The van der Waals surface area contributed by atoms with E-state index in [4.69, 9.17) is 4.74 Å². The van der Waals surface area contributed by atoms with E-state index in [2.05, 4.69) is 5.32 Å². The van der Waals surface area contributed by atoms with Gasteiger partial charge >= 0.3 is 5.97 Å². The number of amides is 1. The van der Waals surface area contributed by atoms with Crippen molar-refractivity contribution < 1.29 is 14.3 Å². The fourth-order valence-electron chi connectivity index (χ4n) is 2.90. The molecule has 0 aromatic heterocycles. The Labute approximate surface area is 131 Å². The van der Waals surface area contributed by atoms with E-state index in [1.165, 1.54) is 7.11 Å². The van der Waals surface area contributed by atoms with Gasteiger partial charge in [0.1, 0.15) is 0 Å². The molecule has 1 N–H and O–H groups in total. The van der Waals surface area contributed by atoms with Crippen molar-refractivity contribution in [1.29, 1.82) is 0 Å². The molecule has 3 atom stereocenters. The molecule has 0 saturated carbocycles. The summed E-state index contributed by atoms with van der Waals surface area (Å²) in [5.74, 6) is -0.872. The van der Waals surface area contributed by atoms with Crippen molar-refractivity contribution in [2.75, 3.05) is 7.11 Å². The Hall–Kier alpha value is -2.10. The van der Waals surface area contributed by atoms with Gasteiger partial charge in [0.05, 0.1) is 24.5 Å². The van der Waals surface area contributed by atoms with Crippen LogP contribution in [-0.2, 0) is 14.3 Å². The molecule has 1 aliphatic rings. The van der Waals surface area contributed by atoms with Gasteiger partial charge in [-0.15, -0.1) is 0 Å². The second-order valence-corrected chi connectivity index (χ2v) is 6.01. The molecule has 0 aliphatic heterocycles. The minimum atomic E-state index is -0.773. The average Bonchev–Trinajstić information content (AvgIpc) is 2.55. The van der Waals surface area contributed by atoms with Crippen LogP contribution < -0.4 is 5.32 Å². The summed E-state index contributed by atoms with van der Waals surface area (Å²) >= 11 is 0. The smallest absolute Gasteiger partial charge is 0.310 e. The highest BCUT2D eigenvalue weighted by Gasteiger charge is 2.46. The van der Waals surface area contributed by atoms with E-state index in [1.54, 1.807) is 0 Å². The van der Waals surface area contributed by atoms with Gasteiger partial charge in [-0.1, -0.05) is 42.5 Å². The van der Waals surface area contributed by atoms with E-state index < -0.39 is 11.3 Å². The monoisotopic (exact) mass is 301 g/mol. The minimum absolute atomic E-state index is 0.102. The number of allylic oxidation sites excluding steroid dienone is 2. The van der Waals surface area contributed by atoms with Crippen LogP contribution >= 0.6 is 0 Å². The number of esters is 1. The number of rotatable bonds is 4. The van der Waals surface area contributed by atoms with Crippen LogP contribution in [0, 0.1) is 11.3 Å². The molecule has 1 aromatic carbocycles. The van der Waals surface area contributed by atoms with Gasteiger partial charge in [0.2, 0.25) is 5.91 Å². The summed E-state index contributed by atoms with van der Waals surface area (Å²) in [6, 6.07) is 9.69. The van der Waals surface area contributed by atoms with Gasteiger partial charge in [-0.25, -0.2) is 0 Å². The number of hydrogen-bond donors (Lipinski definition) is 1. The summed E-state index contributed by atoms with van der Waals surface area (Å²) in [4.78, 5) is 24.8. The van der Waals surface area contributed by atoms with E-state index in [-0.39, 0.29) is 17.9 Å². The number of methoxy groups -OCH3 is 1. The molecule has 0 unspecified atom stereocenters. The van der Waals surface area contributed by atoms with Crippen molar-refractivity contribution in [3.05, 3.63) is 48.0 Å². The Morgan fingerprint density at radius 2 is 1.95 bits per heavy atom. The van der Waals surface area contributed by atoms with Crippen molar-refractivity contribution >= 4 is 11.9 Å². The van der Waals surface area contributed by atoms with Crippen LogP contribution in [0.5, 0.6) is 0 Å².